The van der Waals surface area contributed by atoms with Crippen LogP contribution in [-0.4, -0.2) is 14.3 Å². The summed E-state index contributed by atoms with van der Waals surface area (Å²) in [5, 5.41) is 5.80. The highest BCUT2D eigenvalue weighted by molar-refractivity contribution is 9.10. The van der Waals surface area contributed by atoms with Gasteiger partial charge in [-0.3, -0.25) is 4.68 Å². The highest BCUT2D eigenvalue weighted by Gasteiger charge is 2.13. The molecule has 110 valence electrons. The molecule has 0 aliphatic rings. The van der Waals surface area contributed by atoms with Crippen LogP contribution in [0.4, 0.5) is 0 Å². The van der Waals surface area contributed by atoms with E-state index in [0.29, 0.717) is 6.54 Å². The number of aromatic nitrogens is 3. The van der Waals surface area contributed by atoms with E-state index >= 15 is 0 Å². The second kappa shape index (κ2) is 5.66. The second-order valence-corrected chi connectivity index (χ2v) is 6.00. The van der Waals surface area contributed by atoms with E-state index in [1.54, 1.807) is 0 Å². The predicted octanol–water partition coefficient (Wildman–Crippen LogP) is 3.44. The van der Waals surface area contributed by atoms with Gasteiger partial charge in [0.25, 0.3) is 0 Å². The van der Waals surface area contributed by atoms with Gasteiger partial charge in [-0.2, -0.15) is 5.10 Å². The lowest BCUT2D eigenvalue weighted by Crippen LogP contribution is -2.08. The van der Waals surface area contributed by atoms with Crippen LogP contribution in [0.15, 0.2) is 34.9 Å². The van der Waals surface area contributed by atoms with E-state index in [2.05, 4.69) is 67.7 Å². The molecule has 0 radical (unpaired) electrons. The average Bonchev–Trinajstić information content (AvgIpc) is 3.02. The summed E-state index contributed by atoms with van der Waals surface area (Å²) >= 11 is 3.66. The van der Waals surface area contributed by atoms with E-state index < -0.39 is 0 Å². The number of hydrogen-bond acceptors (Lipinski definition) is 2. The van der Waals surface area contributed by atoms with E-state index in [9.17, 15) is 0 Å². The van der Waals surface area contributed by atoms with Gasteiger partial charge in [0, 0.05) is 24.8 Å². The first-order valence-electron chi connectivity index (χ1n) is 7.13. The van der Waals surface area contributed by atoms with Crippen LogP contribution in [0.3, 0.4) is 0 Å². The fourth-order valence-electron chi connectivity index (χ4n) is 2.68. The molecule has 21 heavy (non-hydrogen) atoms. The largest absolute Gasteiger partial charge is 0.341 e. The molecular weight excluding hydrogens is 328 g/mol. The lowest BCUT2D eigenvalue weighted by atomic mass is 10.1. The van der Waals surface area contributed by atoms with Gasteiger partial charge in [-0.15, -0.1) is 0 Å². The summed E-state index contributed by atoms with van der Waals surface area (Å²) in [4.78, 5) is 0. The number of benzene rings is 1. The van der Waals surface area contributed by atoms with Gasteiger partial charge in [0.05, 0.1) is 22.4 Å². The molecule has 4 nitrogen and oxygen atoms in total. The fourth-order valence-corrected chi connectivity index (χ4v) is 3.09. The van der Waals surface area contributed by atoms with Crippen LogP contribution in [0.2, 0.25) is 0 Å². The molecule has 0 saturated heterocycles. The van der Waals surface area contributed by atoms with Crippen molar-refractivity contribution in [2.45, 2.75) is 33.5 Å². The molecule has 2 aromatic heterocycles. The molecule has 0 amide bonds. The van der Waals surface area contributed by atoms with Gasteiger partial charge in [-0.1, -0.05) is 12.1 Å². The molecule has 2 N–H and O–H groups in total. The fraction of sp³-hybridized carbons (Fsp3) is 0.312. The molecule has 0 aliphatic carbocycles. The molecule has 0 aliphatic heterocycles. The molecule has 0 atom stereocenters. The zero-order valence-electron chi connectivity index (χ0n) is 12.3. The van der Waals surface area contributed by atoms with Crippen LogP contribution in [0.1, 0.15) is 23.9 Å². The number of halogens is 1. The van der Waals surface area contributed by atoms with E-state index in [4.69, 9.17) is 5.73 Å². The summed E-state index contributed by atoms with van der Waals surface area (Å²) < 4.78 is 5.40. The Hall–Kier alpha value is -1.59. The molecule has 5 heteroatoms. The van der Waals surface area contributed by atoms with E-state index in [1.807, 2.05) is 6.92 Å². The third kappa shape index (κ3) is 2.51. The SMILES string of the molecule is CCn1nc(C)c(Br)c1Cn1ccc2ccc(CN)cc21. The van der Waals surface area contributed by atoms with Crippen molar-refractivity contribution in [1.29, 1.82) is 0 Å². The van der Waals surface area contributed by atoms with Crippen molar-refractivity contribution in [3.63, 3.8) is 0 Å². The maximum atomic E-state index is 5.75. The van der Waals surface area contributed by atoms with Gasteiger partial charge < -0.3 is 10.3 Å². The maximum Gasteiger partial charge on any atom is 0.0739 e. The number of nitrogens with zero attached hydrogens (tertiary/aromatic N) is 3. The van der Waals surface area contributed by atoms with Gasteiger partial charge in [0.2, 0.25) is 0 Å². The zero-order chi connectivity index (χ0) is 15.0. The lowest BCUT2D eigenvalue weighted by Gasteiger charge is -2.09. The summed E-state index contributed by atoms with van der Waals surface area (Å²) in [6, 6.07) is 8.53. The number of nitrogens with two attached hydrogens (primary N) is 1. The minimum absolute atomic E-state index is 0.566. The number of aryl methyl sites for hydroxylation is 2. The van der Waals surface area contributed by atoms with E-state index in [-0.39, 0.29) is 0 Å². The highest BCUT2D eigenvalue weighted by atomic mass is 79.9. The molecule has 0 spiro atoms. The number of hydrogen-bond donors (Lipinski definition) is 1. The third-order valence-electron chi connectivity index (χ3n) is 3.85. The summed E-state index contributed by atoms with van der Waals surface area (Å²) in [5.41, 5.74) is 10.4. The summed E-state index contributed by atoms with van der Waals surface area (Å²) in [6.07, 6.45) is 2.12. The van der Waals surface area contributed by atoms with Crippen LogP contribution < -0.4 is 5.73 Å². The Morgan fingerprint density at radius 2 is 2.10 bits per heavy atom. The van der Waals surface area contributed by atoms with Crippen LogP contribution >= 0.6 is 15.9 Å². The maximum absolute atomic E-state index is 5.75. The van der Waals surface area contributed by atoms with Gasteiger partial charge in [-0.05, 0) is 52.9 Å². The minimum atomic E-state index is 0.566. The van der Waals surface area contributed by atoms with Crippen LogP contribution in [0.5, 0.6) is 0 Å². The highest BCUT2D eigenvalue weighted by Crippen LogP contribution is 2.24. The second-order valence-electron chi connectivity index (χ2n) is 5.20. The van der Waals surface area contributed by atoms with Crippen molar-refractivity contribution in [2.75, 3.05) is 0 Å². The Bertz CT molecular complexity index is 785. The van der Waals surface area contributed by atoms with Gasteiger partial charge in [-0.25, -0.2) is 0 Å². The first-order valence-corrected chi connectivity index (χ1v) is 7.93. The molecule has 2 heterocycles. The van der Waals surface area contributed by atoms with Crippen molar-refractivity contribution in [3.8, 4) is 0 Å². The Morgan fingerprint density at radius 1 is 1.29 bits per heavy atom. The van der Waals surface area contributed by atoms with Gasteiger partial charge >= 0.3 is 0 Å². The van der Waals surface area contributed by atoms with E-state index in [0.717, 1.165) is 28.8 Å². The molecular formula is C16H19BrN4. The Kier molecular flexibility index (Phi) is 3.87. The quantitative estimate of drug-likeness (QED) is 0.786. The molecule has 3 rings (SSSR count). The van der Waals surface area contributed by atoms with Crippen molar-refractivity contribution in [2.24, 2.45) is 5.73 Å². The van der Waals surface area contributed by atoms with Crippen LogP contribution in [-0.2, 0) is 19.6 Å². The number of rotatable bonds is 4. The normalized spacial score (nSPS) is 11.4. The van der Waals surface area contributed by atoms with Crippen LogP contribution in [0, 0.1) is 6.92 Å². The lowest BCUT2D eigenvalue weighted by molar-refractivity contribution is 0.601. The first kappa shape index (κ1) is 14.4. The molecule has 0 bridgehead atoms. The van der Waals surface area contributed by atoms with Gasteiger partial charge in [0.1, 0.15) is 0 Å². The Balaban J connectivity index is 2.06. The minimum Gasteiger partial charge on any atom is -0.341 e. The summed E-state index contributed by atoms with van der Waals surface area (Å²) in [7, 11) is 0. The Labute approximate surface area is 132 Å². The molecule has 3 aromatic rings. The predicted molar refractivity (Wildman–Crippen MR) is 89.3 cm³/mol. The average molecular weight is 347 g/mol. The topological polar surface area (TPSA) is 48.8 Å². The Morgan fingerprint density at radius 3 is 2.81 bits per heavy atom. The van der Waals surface area contributed by atoms with E-state index in [1.165, 1.54) is 16.6 Å². The summed E-state index contributed by atoms with van der Waals surface area (Å²) in [5.74, 6) is 0. The zero-order valence-corrected chi connectivity index (χ0v) is 13.9. The number of fused-ring (bicyclic) bond motifs is 1. The first-order chi connectivity index (χ1) is 10.1. The summed E-state index contributed by atoms with van der Waals surface area (Å²) in [6.45, 7) is 6.38. The molecule has 1 aromatic carbocycles. The van der Waals surface area contributed by atoms with Crippen molar-refractivity contribution in [1.82, 2.24) is 14.3 Å². The van der Waals surface area contributed by atoms with Gasteiger partial charge in [0.15, 0.2) is 0 Å². The van der Waals surface area contributed by atoms with Crippen molar-refractivity contribution < 1.29 is 0 Å². The van der Waals surface area contributed by atoms with Crippen molar-refractivity contribution in [3.05, 3.63) is 51.9 Å². The van der Waals surface area contributed by atoms with Crippen LogP contribution in [0.25, 0.3) is 10.9 Å². The third-order valence-corrected chi connectivity index (χ3v) is 4.88. The molecule has 0 unspecified atom stereocenters. The standard InChI is InChI=1S/C16H19BrN4/c1-3-21-15(16(17)11(2)19-21)10-20-7-6-13-5-4-12(9-18)8-14(13)20/h4-8H,3,9-10,18H2,1-2H3. The van der Waals surface area contributed by atoms with Crippen molar-refractivity contribution >= 4 is 26.8 Å². The molecule has 0 saturated carbocycles. The monoisotopic (exact) mass is 346 g/mol. The molecule has 0 fully saturated rings. The smallest absolute Gasteiger partial charge is 0.0739 e.